The molecule has 2 nitrogen and oxygen atoms in total. The maximum atomic E-state index is 5.29. The molecule has 0 unspecified atom stereocenters. The van der Waals surface area contributed by atoms with E-state index >= 15 is 0 Å². The zero-order valence-electron chi connectivity index (χ0n) is 9.29. The number of aromatic amines is 1. The van der Waals surface area contributed by atoms with Gasteiger partial charge in [0.25, 0.3) is 0 Å². The Morgan fingerprint density at radius 1 is 1.25 bits per heavy atom. The van der Waals surface area contributed by atoms with Gasteiger partial charge >= 0.3 is 0 Å². The monoisotopic (exact) mass is 230 g/mol. The van der Waals surface area contributed by atoms with Crippen molar-refractivity contribution in [1.29, 1.82) is 0 Å². The lowest BCUT2D eigenvalue weighted by Crippen LogP contribution is -1.97. The van der Waals surface area contributed by atoms with E-state index in [1.54, 1.807) is 0 Å². The Kier molecular flexibility index (Phi) is 2.21. The molecule has 0 fully saturated rings. The molecule has 0 spiro atoms. The summed E-state index contributed by atoms with van der Waals surface area (Å²) in [6.45, 7) is 2.07. The van der Waals surface area contributed by atoms with E-state index < -0.39 is 0 Å². The second-order valence-corrected chi connectivity index (χ2v) is 4.76. The summed E-state index contributed by atoms with van der Waals surface area (Å²) in [7, 11) is 0. The number of fused-ring (bicyclic) bond motifs is 1. The van der Waals surface area contributed by atoms with Crippen LogP contribution in [0, 0.1) is 11.7 Å². The quantitative estimate of drug-likeness (QED) is 0.745. The van der Waals surface area contributed by atoms with Crippen molar-refractivity contribution in [3.05, 3.63) is 46.0 Å². The third kappa shape index (κ3) is 1.43. The van der Waals surface area contributed by atoms with E-state index in [0.29, 0.717) is 0 Å². The molecule has 1 N–H and O–H groups in total. The summed E-state index contributed by atoms with van der Waals surface area (Å²) < 4.78 is 2.86. The van der Waals surface area contributed by atoms with Crippen LogP contribution < -0.4 is 0 Å². The molecule has 0 atom stereocenters. The van der Waals surface area contributed by atoms with Crippen molar-refractivity contribution < 1.29 is 0 Å². The molecule has 16 heavy (non-hydrogen) atoms. The van der Waals surface area contributed by atoms with E-state index in [4.69, 9.17) is 12.2 Å². The second-order valence-electron chi connectivity index (χ2n) is 4.38. The van der Waals surface area contributed by atoms with Gasteiger partial charge in [-0.2, -0.15) is 0 Å². The third-order valence-electron chi connectivity index (χ3n) is 3.30. The zero-order valence-corrected chi connectivity index (χ0v) is 10.1. The van der Waals surface area contributed by atoms with Crippen molar-refractivity contribution >= 4 is 12.2 Å². The first-order valence-electron chi connectivity index (χ1n) is 5.65. The molecule has 1 aromatic carbocycles. The Labute approximate surface area is 99.9 Å². The largest absolute Gasteiger partial charge is 0.337 e. The molecule has 0 aliphatic heterocycles. The van der Waals surface area contributed by atoms with Gasteiger partial charge in [0.15, 0.2) is 4.77 Å². The summed E-state index contributed by atoms with van der Waals surface area (Å²) in [6.07, 6.45) is 5.68. The number of hydrogen-bond acceptors (Lipinski definition) is 1. The normalized spacial score (nSPS) is 14.1. The number of imidazole rings is 1. The number of nitrogens with one attached hydrogen (secondary N) is 1. The van der Waals surface area contributed by atoms with E-state index in [1.165, 1.54) is 36.1 Å². The Balaban J connectivity index is 2.18. The Morgan fingerprint density at radius 2 is 2.06 bits per heavy atom. The van der Waals surface area contributed by atoms with Crippen molar-refractivity contribution in [1.82, 2.24) is 9.55 Å². The van der Waals surface area contributed by atoms with Gasteiger partial charge in [-0.15, -0.1) is 0 Å². The van der Waals surface area contributed by atoms with Gasteiger partial charge in [0.1, 0.15) is 0 Å². The van der Waals surface area contributed by atoms with Gasteiger partial charge < -0.3 is 4.98 Å². The SMILES string of the molecule is Cc1c[nH]c(=S)n1-c1ccc2c(c1)CCC2. The van der Waals surface area contributed by atoms with Crippen molar-refractivity contribution in [2.75, 3.05) is 0 Å². The summed E-state index contributed by atoms with van der Waals surface area (Å²) in [5.74, 6) is 0. The second kappa shape index (κ2) is 3.59. The lowest BCUT2D eigenvalue weighted by molar-refractivity contribution is 0.911. The van der Waals surface area contributed by atoms with Crippen LogP contribution in [0.4, 0.5) is 0 Å². The van der Waals surface area contributed by atoms with E-state index in [1.807, 2.05) is 6.20 Å². The molecule has 1 aliphatic rings. The molecule has 2 aromatic rings. The van der Waals surface area contributed by atoms with Gasteiger partial charge in [0.05, 0.1) is 0 Å². The molecule has 3 heteroatoms. The lowest BCUT2D eigenvalue weighted by Gasteiger charge is -2.07. The highest BCUT2D eigenvalue weighted by atomic mass is 32.1. The summed E-state index contributed by atoms with van der Waals surface area (Å²) in [6, 6.07) is 6.69. The minimum absolute atomic E-state index is 0.774. The molecule has 0 amide bonds. The van der Waals surface area contributed by atoms with Crippen molar-refractivity contribution in [3.8, 4) is 5.69 Å². The van der Waals surface area contributed by atoms with Crippen LogP contribution in [0.2, 0.25) is 0 Å². The molecule has 0 radical (unpaired) electrons. The minimum Gasteiger partial charge on any atom is -0.337 e. The molecule has 0 saturated heterocycles. The van der Waals surface area contributed by atoms with Crippen LogP contribution in [0.3, 0.4) is 0 Å². The van der Waals surface area contributed by atoms with Crippen LogP contribution in [0.5, 0.6) is 0 Å². The first-order valence-corrected chi connectivity index (χ1v) is 6.06. The van der Waals surface area contributed by atoms with Gasteiger partial charge in [-0.1, -0.05) is 6.07 Å². The van der Waals surface area contributed by atoms with Crippen LogP contribution in [-0.4, -0.2) is 9.55 Å². The molecular weight excluding hydrogens is 216 g/mol. The molecule has 1 heterocycles. The average molecular weight is 230 g/mol. The first-order chi connectivity index (χ1) is 7.75. The Morgan fingerprint density at radius 3 is 2.81 bits per heavy atom. The zero-order chi connectivity index (χ0) is 11.1. The first kappa shape index (κ1) is 9.85. The summed E-state index contributed by atoms with van der Waals surface area (Å²) in [5.41, 5.74) is 5.33. The standard InChI is InChI=1S/C13H14N2S/c1-9-8-14-13(16)15(9)12-6-5-10-3-2-4-11(10)7-12/h5-8H,2-4H2,1H3,(H,14,16). The summed E-state index contributed by atoms with van der Waals surface area (Å²) in [5, 5.41) is 0. The van der Waals surface area contributed by atoms with Crippen molar-refractivity contribution in [3.63, 3.8) is 0 Å². The molecule has 82 valence electrons. The van der Waals surface area contributed by atoms with E-state index in [2.05, 4.69) is 34.7 Å². The topological polar surface area (TPSA) is 20.7 Å². The number of benzene rings is 1. The third-order valence-corrected chi connectivity index (χ3v) is 3.60. The highest BCUT2D eigenvalue weighted by Crippen LogP contribution is 2.25. The number of nitrogens with zero attached hydrogens (tertiary/aromatic N) is 1. The fourth-order valence-corrected chi connectivity index (χ4v) is 2.78. The average Bonchev–Trinajstić information content (AvgIpc) is 2.85. The van der Waals surface area contributed by atoms with E-state index in [0.717, 1.165) is 10.5 Å². The summed E-state index contributed by atoms with van der Waals surface area (Å²) in [4.78, 5) is 3.08. The molecule has 1 aromatic heterocycles. The van der Waals surface area contributed by atoms with Gasteiger partial charge in [-0.05, 0) is 61.7 Å². The number of aryl methyl sites for hydroxylation is 3. The van der Waals surface area contributed by atoms with E-state index in [9.17, 15) is 0 Å². The molecule has 0 saturated carbocycles. The fourth-order valence-electron chi connectivity index (χ4n) is 2.47. The van der Waals surface area contributed by atoms with Gasteiger partial charge in [-0.25, -0.2) is 0 Å². The molecule has 0 bridgehead atoms. The van der Waals surface area contributed by atoms with E-state index in [-0.39, 0.29) is 0 Å². The van der Waals surface area contributed by atoms with Gasteiger partial charge in [0.2, 0.25) is 0 Å². The maximum Gasteiger partial charge on any atom is 0.182 e. The number of aromatic nitrogens is 2. The van der Waals surface area contributed by atoms with Crippen LogP contribution in [0.15, 0.2) is 24.4 Å². The molecule has 1 aliphatic carbocycles. The molecule has 3 rings (SSSR count). The fraction of sp³-hybridized carbons (Fsp3) is 0.308. The van der Waals surface area contributed by atoms with Crippen LogP contribution in [0.1, 0.15) is 23.2 Å². The highest BCUT2D eigenvalue weighted by molar-refractivity contribution is 7.71. The van der Waals surface area contributed by atoms with Gasteiger partial charge in [0, 0.05) is 17.6 Å². The molecular formula is C13H14N2S. The van der Waals surface area contributed by atoms with Crippen LogP contribution >= 0.6 is 12.2 Å². The van der Waals surface area contributed by atoms with Crippen LogP contribution in [0.25, 0.3) is 5.69 Å². The predicted octanol–water partition coefficient (Wildman–Crippen LogP) is 3.33. The minimum atomic E-state index is 0.774. The number of rotatable bonds is 1. The Bertz CT molecular complexity index is 592. The smallest absolute Gasteiger partial charge is 0.182 e. The predicted molar refractivity (Wildman–Crippen MR) is 67.7 cm³/mol. The summed E-state index contributed by atoms with van der Waals surface area (Å²) >= 11 is 5.29. The van der Waals surface area contributed by atoms with Gasteiger partial charge in [-0.3, -0.25) is 4.57 Å². The lowest BCUT2D eigenvalue weighted by atomic mass is 10.1. The maximum absolute atomic E-state index is 5.29. The number of hydrogen-bond donors (Lipinski definition) is 1. The van der Waals surface area contributed by atoms with Crippen molar-refractivity contribution in [2.24, 2.45) is 0 Å². The van der Waals surface area contributed by atoms with Crippen LogP contribution in [-0.2, 0) is 12.8 Å². The number of H-pyrrole nitrogens is 1. The Hall–Kier alpha value is -1.35. The van der Waals surface area contributed by atoms with Crippen molar-refractivity contribution in [2.45, 2.75) is 26.2 Å². The highest BCUT2D eigenvalue weighted by Gasteiger charge is 2.12.